The average molecular weight is 285 g/mol. The van der Waals surface area contributed by atoms with E-state index >= 15 is 0 Å². The largest absolute Gasteiger partial charge is 0.376 e. The van der Waals surface area contributed by atoms with Gasteiger partial charge in [0.1, 0.15) is 0 Å². The Balaban J connectivity index is 2.17. The van der Waals surface area contributed by atoms with Crippen LogP contribution < -0.4 is 0 Å². The molecule has 1 aromatic rings. The van der Waals surface area contributed by atoms with Gasteiger partial charge in [-0.05, 0) is 25.5 Å². The number of halogens is 1. The fourth-order valence-corrected chi connectivity index (χ4v) is 2.38. The normalized spacial score (nSPS) is 24.4. The molecule has 0 amide bonds. The Labute approximate surface area is 117 Å². The molecule has 0 saturated carbocycles. The third-order valence-corrected chi connectivity index (χ3v) is 3.72. The van der Waals surface area contributed by atoms with Crippen molar-refractivity contribution in [2.75, 3.05) is 13.2 Å². The second-order valence-corrected chi connectivity index (χ2v) is 5.36. The number of ether oxygens (including phenoxy) is 1. The van der Waals surface area contributed by atoms with Gasteiger partial charge in [0.25, 0.3) is 5.69 Å². The van der Waals surface area contributed by atoms with Crippen LogP contribution in [0.5, 0.6) is 0 Å². The van der Waals surface area contributed by atoms with Crippen LogP contribution in [0.1, 0.15) is 19.4 Å². The van der Waals surface area contributed by atoms with Gasteiger partial charge in [-0.2, -0.15) is 0 Å². The number of hydrogen-bond donors (Lipinski definition) is 0. The predicted molar refractivity (Wildman–Crippen MR) is 73.4 cm³/mol. The van der Waals surface area contributed by atoms with Crippen LogP contribution in [0.4, 0.5) is 5.69 Å². The molecule has 1 heterocycles. The van der Waals surface area contributed by atoms with Crippen LogP contribution in [-0.2, 0) is 11.3 Å². The summed E-state index contributed by atoms with van der Waals surface area (Å²) in [5.74, 6) is 0. The molecule has 0 aromatic heterocycles. The first kappa shape index (κ1) is 14.2. The Morgan fingerprint density at radius 2 is 2.26 bits per heavy atom. The van der Waals surface area contributed by atoms with Crippen LogP contribution in [-0.4, -0.2) is 35.1 Å². The van der Waals surface area contributed by atoms with Crippen LogP contribution in [0.25, 0.3) is 0 Å². The lowest BCUT2D eigenvalue weighted by Crippen LogP contribution is -2.46. The highest BCUT2D eigenvalue weighted by Gasteiger charge is 2.24. The van der Waals surface area contributed by atoms with Gasteiger partial charge in [0, 0.05) is 36.3 Å². The van der Waals surface area contributed by atoms with Crippen LogP contribution in [0.15, 0.2) is 18.2 Å². The molecule has 1 fully saturated rings. The van der Waals surface area contributed by atoms with Gasteiger partial charge in [-0.15, -0.1) is 0 Å². The van der Waals surface area contributed by atoms with Crippen LogP contribution in [0, 0.1) is 10.1 Å². The minimum atomic E-state index is -0.398. The van der Waals surface area contributed by atoms with E-state index in [4.69, 9.17) is 16.3 Å². The summed E-state index contributed by atoms with van der Waals surface area (Å²) in [4.78, 5) is 12.6. The minimum absolute atomic E-state index is 0.0772. The molecule has 19 heavy (non-hydrogen) atoms. The number of nitrogens with zero attached hydrogens (tertiary/aromatic N) is 2. The van der Waals surface area contributed by atoms with Gasteiger partial charge in [-0.3, -0.25) is 15.0 Å². The zero-order valence-corrected chi connectivity index (χ0v) is 11.8. The molecule has 1 aliphatic rings. The molecule has 0 aliphatic carbocycles. The van der Waals surface area contributed by atoms with Crippen LogP contribution in [0.2, 0.25) is 5.02 Å². The maximum Gasteiger partial charge on any atom is 0.269 e. The van der Waals surface area contributed by atoms with E-state index in [2.05, 4.69) is 11.8 Å². The van der Waals surface area contributed by atoms with Crippen molar-refractivity contribution in [3.8, 4) is 0 Å². The first-order chi connectivity index (χ1) is 8.97. The van der Waals surface area contributed by atoms with E-state index in [1.54, 1.807) is 12.1 Å². The number of nitro groups is 1. The molecule has 0 spiro atoms. The number of hydrogen-bond acceptors (Lipinski definition) is 4. The highest BCUT2D eigenvalue weighted by Crippen LogP contribution is 2.25. The van der Waals surface area contributed by atoms with Crippen LogP contribution >= 0.6 is 11.6 Å². The summed E-state index contributed by atoms with van der Waals surface area (Å²) >= 11 is 6.12. The van der Waals surface area contributed by atoms with Crippen molar-refractivity contribution in [2.24, 2.45) is 0 Å². The van der Waals surface area contributed by atoms with Crippen molar-refractivity contribution >= 4 is 17.3 Å². The molecule has 0 radical (unpaired) electrons. The molecular weight excluding hydrogens is 268 g/mol. The lowest BCUT2D eigenvalue weighted by atomic mass is 10.1. The summed E-state index contributed by atoms with van der Waals surface area (Å²) in [6.45, 7) is 6.19. The molecule has 1 saturated heterocycles. The Bertz CT molecular complexity index is 481. The standard InChI is InChI=1S/C13H17ClN2O3/c1-9-8-19-10(2)6-15(9)7-11-5-12(16(17)18)3-4-13(11)14/h3-5,9-10H,6-8H2,1-2H3. The molecule has 6 heteroatoms. The van der Waals surface area contributed by atoms with Gasteiger partial charge in [0.05, 0.1) is 17.6 Å². The first-order valence-corrected chi connectivity index (χ1v) is 6.63. The number of rotatable bonds is 3. The van der Waals surface area contributed by atoms with Crippen molar-refractivity contribution in [3.63, 3.8) is 0 Å². The lowest BCUT2D eigenvalue weighted by molar-refractivity contribution is -0.384. The van der Waals surface area contributed by atoms with Crippen molar-refractivity contribution < 1.29 is 9.66 Å². The van der Waals surface area contributed by atoms with Crippen molar-refractivity contribution in [2.45, 2.75) is 32.5 Å². The molecule has 104 valence electrons. The molecule has 0 bridgehead atoms. The zero-order chi connectivity index (χ0) is 14.0. The summed E-state index contributed by atoms with van der Waals surface area (Å²) in [7, 11) is 0. The van der Waals surface area contributed by atoms with E-state index < -0.39 is 4.92 Å². The van der Waals surface area contributed by atoms with E-state index in [9.17, 15) is 10.1 Å². The molecule has 5 nitrogen and oxygen atoms in total. The van der Waals surface area contributed by atoms with E-state index in [1.165, 1.54) is 6.07 Å². The van der Waals surface area contributed by atoms with Gasteiger partial charge in [-0.1, -0.05) is 11.6 Å². The average Bonchev–Trinajstić information content (AvgIpc) is 2.36. The van der Waals surface area contributed by atoms with Gasteiger partial charge < -0.3 is 4.74 Å². The summed E-state index contributed by atoms with van der Waals surface area (Å²) in [5.41, 5.74) is 0.866. The maximum atomic E-state index is 10.8. The van der Waals surface area contributed by atoms with Crippen molar-refractivity contribution in [3.05, 3.63) is 38.9 Å². The molecule has 1 aromatic carbocycles. The van der Waals surface area contributed by atoms with Gasteiger partial charge in [-0.25, -0.2) is 0 Å². The van der Waals surface area contributed by atoms with Gasteiger partial charge in [0.15, 0.2) is 0 Å². The van der Waals surface area contributed by atoms with E-state index in [-0.39, 0.29) is 17.8 Å². The number of non-ortho nitro benzene ring substituents is 1. The summed E-state index contributed by atoms with van der Waals surface area (Å²) in [6.07, 6.45) is 0.175. The fourth-order valence-electron chi connectivity index (χ4n) is 2.21. The first-order valence-electron chi connectivity index (χ1n) is 6.26. The smallest absolute Gasteiger partial charge is 0.269 e. The highest BCUT2D eigenvalue weighted by atomic mass is 35.5. The quantitative estimate of drug-likeness (QED) is 0.633. The third-order valence-electron chi connectivity index (χ3n) is 3.35. The second-order valence-electron chi connectivity index (χ2n) is 4.96. The zero-order valence-electron chi connectivity index (χ0n) is 11.0. The Kier molecular flexibility index (Phi) is 4.39. The Hall–Kier alpha value is -1.17. The number of morpholine rings is 1. The Morgan fingerprint density at radius 3 is 2.95 bits per heavy atom. The Morgan fingerprint density at radius 1 is 1.53 bits per heavy atom. The monoisotopic (exact) mass is 284 g/mol. The third kappa shape index (κ3) is 3.43. The predicted octanol–water partition coefficient (Wildman–Crippen LogP) is 2.86. The van der Waals surface area contributed by atoms with E-state index in [0.29, 0.717) is 18.2 Å². The molecular formula is C13H17ClN2O3. The number of benzene rings is 1. The summed E-state index contributed by atoms with van der Waals surface area (Å²) in [5, 5.41) is 11.4. The van der Waals surface area contributed by atoms with E-state index in [0.717, 1.165) is 12.1 Å². The lowest BCUT2D eigenvalue weighted by Gasteiger charge is -2.36. The summed E-state index contributed by atoms with van der Waals surface area (Å²) < 4.78 is 5.57. The second kappa shape index (κ2) is 5.86. The minimum Gasteiger partial charge on any atom is -0.376 e. The van der Waals surface area contributed by atoms with E-state index in [1.807, 2.05) is 6.92 Å². The van der Waals surface area contributed by atoms with Gasteiger partial charge >= 0.3 is 0 Å². The molecule has 1 aliphatic heterocycles. The topological polar surface area (TPSA) is 55.6 Å². The molecule has 2 atom stereocenters. The maximum absolute atomic E-state index is 10.8. The summed E-state index contributed by atoms with van der Waals surface area (Å²) in [6, 6.07) is 4.85. The molecule has 2 rings (SSSR count). The SMILES string of the molecule is CC1CN(Cc2cc([N+](=O)[O-])ccc2Cl)C(C)CO1. The molecule has 2 unspecified atom stereocenters. The number of nitro benzene ring substituents is 1. The van der Waals surface area contributed by atoms with Crippen molar-refractivity contribution in [1.82, 2.24) is 4.90 Å². The highest BCUT2D eigenvalue weighted by molar-refractivity contribution is 6.31. The van der Waals surface area contributed by atoms with Crippen molar-refractivity contribution in [1.29, 1.82) is 0 Å². The molecule has 0 N–H and O–H groups in total. The van der Waals surface area contributed by atoms with Crippen LogP contribution in [0.3, 0.4) is 0 Å². The fraction of sp³-hybridized carbons (Fsp3) is 0.538. The van der Waals surface area contributed by atoms with Gasteiger partial charge in [0.2, 0.25) is 0 Å².